The lowest BCUT2D eigenvalue weighted by molar-refractivity contribution is -0.00549. The van der Waals surface area contributed by atoms with E-state index in [4.69, 9.17) is 9.47 Å². The third kappa shape index (κ3) is 3.54. The van der Waals surface area contributed by atoms with Crippen molar-refractivity contribution in [1.29, 1.82) is 0 Å². The van der Waals surface area contributed by atoms with Gasteiger partial charge in [0.25, 0.3) is 0 Å². The Balaban J connectivity index is 2.24. The smallest absolute Gasteiger partial charge is 0.158 e. The molecule has 1 aliphatic heterocycles. The van der Waals surface area contributed by atoms with Crippen molar-refractivity contribution in [1.82, 2.24) is 9.97 Å². The van der Waals surface area contributed by atoms with Crippen molar-refractivity contribution in [2.45, 2.75) is 32.7 Å². The fourth-order valence-electron chi connectivity index (χ4n) is 2.33. The van der Waals surface area contributed by atoms with Crippen molar-refractivity contribution >= 4 is 11.6 Å². The topological polar surface area (TPSA) is 59.5 Å². The van der Waals surface area contributed by atoms with Crippen LogP contribution in [0.1, 0.15) is 19.7 Å². The number of nitrogens with one attached hydrogen (secondary N) is 1. The molecule has 0 amide bonds. The van der Waals surface area contributed by atoms with Gasteiger partial charge in [-0.1, -0.05) is 0 Å². The minimum Gasteiger partial charge on any atom is -0.377 e. The molecule has 6 nitrogen and oxygen atoms in total. The maximum absolute atomic E-state index is 5.75. The molecule has 1 N–H and O–H groups in total. The van der Waals surface area contributed by atoms with E-state index >= 15 is 0 Å². The van der Waals surface area contributed by atoms with Crippen LogP contribution in [0.25, 0.3) is 0 Å². The van der Waals surface area contributed by atoms with Gasteiger partial charge in [-0.3, -0.25) is 0 Å². The van der Waals surface area contributed by atoms with Gasteiger partial charge >= 0.3 is 0 Å². The number of morpholine rings is 1. The van der Waals surface area contributed by atoms with Gasteiger partial charge in [-0.15, -0.1) is 0 Å². The number of rotatable bonds is 4. The third-order valence-electron chi connectivity index (χ3n) is 3.03. The van der Waals surface area contributed by atoms with E-state index in [-0.39, 0.29) is 12.2 Å². The van der Waals surface area contributed by atoms with Gasteiger partial charge in [0, 0.05) is 33.3 Å². The highest BCUT2D eigenvalue weighted by Gasteiger charge is 2.23. The van der Waals surface area contributed by atoms with Gasteiger partial charge in [0.15, 0.2) is 5.82 Å². The van der Waals surface area contributed by atoms with E-state index in [0.717, 1.165) is 24.7 Å². The molecule has 0 bridgehead atoms. The van der Waals surface area contributed by atoms with Gasteiger partial charge in [-0.2, -0.15) is 0 Å². The fraction of sp³-hybridized carbons (Fsp3) is 0.692. The molecule has 19 heavy (non-hydrogen) atoms. The minimum atomic E-state index is 0.211. The standard InChI is InChI=1S/C13H22N4O2/c1-9-6-17(7-10(2)19-9)13-5-11(14-3)15-12(16-13)8-18-4/h5,9-10H,6-8H2,1-4H3,(H,14,15,16)/t9-,10+. The van der Waals surface area contributed by atoms with Gasteiger partial charge in [0.2, 0.25) is 0 Å². The van der Waals surface area contributed by atoms with Crippen LogP contribution in [0.15, 0.2) is 6.07 Å². The molecule has 2 heterocycles. The van der Waals surface area contributed by atoms with Crippen molar-refractivity contribution in [3.63, 3.8) is 0 Å². The Morgan fingerprint density at radius 3 is 2.63 bits per heavy atom. The summed E-state index contributed by atoms with van der Waals surface area (Å²) in [6, 6.07) is 1.96. The van der Waals surface area contributed by atoms with E-state index in [1.807, 2.05) is 13.1 Å². The van der Waals surface area contributed by atoms with Crippen LogP contribution in [-0.2, 0) is 16.1 Å². The molecule has 0 unspecified atom stereocenters. The molecule has 106 valence electrons. The molecule has 2 atom stereocenters. The summed E-state index contributed by atoms with van der Waals surface area (Å²) in [6.07, 6.45) is 0.422. The second-order valence-corrected chi connectivity index (χ2v) is 4.87. The van der Waals surface area contributed by atoms with Crippen molar-refractivity contribution < 1.29 is 9.47 Å². The second-order valence-electron chi connectivity index (χ2n) is 4.87. The highest BCUT2D eigenvalue weighted by Crippen LogP contribution is 2.21. The summed E-state index contributed by atoms with van der Waals surface area (Å²) in [4.78, 5) is 11.2. The SMILES string of the molecule is CNc1cc(N2C[C@@H](C)O[C@@H](C)C2)nc(COC)n1. The van der Waals surface area contributed by atoms with Crippen LogP contribution in [0.2, 0.25) is 0 Å². The molecule has 0 saturated carbocycles. The van der Waals surface area contributed by atoms with Crippen LogP contribution in [0, 0.1) is 0 Å². The number of hydrogen-bond donors (Lipinski definition) is 1. The predicted molar refractivity (Wildman–Crippen MR) is 74.5 cm³/mol. The molecule has 2 rings (SSSR count). The van der Waals surface area contributed by atoms with Crippen LogP contribution in [0.3, 0.4) is 0 Å². The van der Waals surface area contributed by atoms with E-state index in [2.05, 4.69) is 34.0 Å². The number of hydrogen-bond acceptors (Lipinski definition) is 6. The zero-order chi connectivity index (χ0) is 13.8. The molecule has 1 aliphatic rings. The lowest BCUT2D eigenvalue weighted by Gasteiger charge is -2.36. The Morgan fingerprint density at radius 2 is 2.05 bits per heavy atom. The number of aromatic nitrogens is 2. The molecular weight excluding hydrogens is 244 g/mol. The molecule has 0 aromatic carbocycles. The Bertz CT molecular complexity index is 417. The highest BCUT2D eigenvalue weighted by atomic mass is 16.5. The monoisotopic (exact) mass is 266 g/mol. The molecular formula is C13H22N4O2. The number of nitrogens with zero attached hydrogens (tertiary/aromatic N) is 3. The van der Waals surface area contributed by atoms with Gasteiger partial charge < -0.3 is 19.7 Å². The van der Waals surface area contributed by atoms with Gasteiger partial charge in [0.05, 0.1) is 12.2 Å². The number of anilines is 2. The first kappa shape index (κ1) is 14.0. The normalized spacial score (nSPS) is 23.5. The Morgan fingerprint density at radius 1 is 1.37 bits per heavy atom. The van der Waals surface area contributed by atoms with Crippen LogP contribution in [-0.4, -0.2) is 49.4 Å². The van der Waals surface area contributed by atoms with E-state index in [1.165, 1.54) is 0 Å². The first-order valence-corrected chi connectivity index (χ1v) is 6.57. The van der Waals surface area contributed by atoms with E-state index in [0.29, 0.717) is 12.4 Å². The molecule has 0 spiro atoms. The molecule has 1 fully saturated rings. The zero-order valence-electron chi connectivity index (χ0n) is 12.0. The van der Waals surface area contributed by atoms with Gasteiger partial charge in [0.1, 0.15) is 18.2 Å². The van der Waals surface area contributed by atoms with Crippen LogP contribution >= 0.6 is 0 Å². The van der Waals surface area contributed by atoms with Crippen LogP contribution in [0.5, 0.6) is 0 Å². The summed E-state index contributed by atoms with van der Waals surface area (Å²) in [5, 5.41) is 3.06. The summed E-state index contributed by atoms with van der Waals surface area (Å²) < 4.78 is 10.9. The maximum Gasteiger partial charge on any atom is 0.158 e. The molecule has 1 aromatic heterocycles. The quantitative estimate of drug-likeness (QED) is 0.886. The summed E-state index contributed by atoms with van der Waals surface area (Å²) in [5.74, 6) is 2.42. The fourth-order valence-corrected chi connectivity index (χ4v) is 2.33. The van der Waals surface area contributed by atoms with Crippen molar-refractivity contribution in [2.75, 3.05) is 37.5 Å². The predicted octanol–water partition coefficient (Wildman–Crippen LogP) is 1.28. The lowest BCUT2D eigenvalue weighted by Crippen LogP contribution is -2.46. The average Bonchev–Trinajstić information content (AvgIpc) is 2.37. The largest absolute Gasteiger partial charge is 0.377 e. The second kappa shape index (κ2) is 6.16. The van der Waals surface area contributed by atoms with Gasteiger partial charge in [-0.25, -0.2) is 9.97 Å². The minimum absolute atomic E-state index is 0.211. The maximum atomic E-state index is 5.75. The van der Waals surface area contributed by atoms with Gasteiger partial charge in [-0.05, 0) is 13.8 Å². The zero-order valence-corrected chi connectivity index (χ0v) is 12.0. The highest BCUT2D eigenvalue weighted by molar-refractivity contribution is 5.49. The molecule has 1 aromatic rings. The van der Waals surface area contributed by atoms with E-state index in [1.54, 1.807) is 7.11 Å². The first-order chi connectivity index (χ1) is 9.12. The number of methoxy groups -OCH3 is 1. The Kier molecular flexibility index (Phi) is 4.55. The molecule has 0 radical (unpaired) electrons. The Labute approximate surface area is 114 Å². The number of ether oxygens (including phenoxy) is 2. The van der Waals surface area contributed by atoms with Crippen LogP contribution in [0.4, 0.5) is 11.6 Å². The van der Waals surface area contributed by atoms with E-state index in [9.17, 15) is 0 Å². The van der Waals surface area contributed by atoms with Crippen molar-refractivity contribution in [3.05, 3.63) is 11.9 Å². The third-order valence-corrected chi connectivity index (χ3v) is 3.03. The molecule has 6 heteroatoms. The van der Waals surface area contributed by atoms with Crippen molar-refractivity contribution in [2.24, 2.45) is 0 Å². The van der Waals surface area contributed by atoms with Crippen molar-refractivity contribution in [3.8, 4) is 0 Å². The summed E-state index contributed by atoms with van der Waals surface area (Å²) >= 11 is 0. The summed E-state index contributed by atoms with van der Waals surface area (Å²) in [5.41, 5.74) is 0. The molecule has 0 aliphatic carbocycles. The lowest BCUT2D eigenvalue weighted by atomic mass is 10.2. The average molecular weight is 266 g/mol. The summed E-state index contributed by atoms with van der Waals surface area (Å²) in [6.45, 7) is 6.27. The Hall–Kier alpha value is -1.40. The molecule has 1 saturated heterocycles. The van der Waals surface area contributed by atoms with E-state index < -0.39 is 0 Å². The first-order valence-electron chi connectivity index (χ1n) is 6.57. The summed E-state index contributed by atoms with van der Waals surface area (Å²) in [7, 11) is 3.50. The van der Waals surface area contributed by atoms with Crippen LogP contribution < -0.4 is 10.2 Å².